The van der Waals surface area contributed by atoms with Crippen LogP contribution in [-0.4, -0.2) is 72.4 Å². The second-order valence-corrected chi connectivity index (χ2v) is 21.6. The number of hydrogen-bond donors (Lipinski definition) is 0. The minimum absolute atomic E-state index is 0.110. The molecular formula is C39H55N3O7SSi. The molecule has 0 radical (unpaired) electrons. The zero-order valence-electron chi connectivity index (χ0n) is 31.6. The van der Waals surface area contributed by atoms with Crippen LogP contribution in [0.3, 0.4) is 0 Å². The van der Waals surface area contributed by atoms with Crippen LogP contribution in [0.25, 0.3) is 0 Å². The summed E-state index contributed by atoms with van der Waals surface area (Å²) in [6.07, 6.45) is 1.48. The molecule has 0 aliphatic carbocycles. The van der Waals surface area contributed by atoms with Gasteiger partial charge in [0.2, 0.25) is 5.88 Å². The van der Waals surface area contributed by atoms with Gasteiger partial charge >= 0.3 is 12.1 Å². The number of carbonyl (C=O) groups is 2. The van der Waals surface area contributed by atoms with Crippen molar-refractivity contribution in [1.29, 1.82) is 0 Å². The molecule has 0 N–H and O–H groups in total. The standard InChI is InChI=1S/C39H55N3O7SSi/c1-29(25-28-48-51(39(6,7)8,31-17-12-10-13-18-31)32-19-14-11-15-20-32)24-27-47-35-34(23-22-30(2)40-35)50(45,41-37(44)49-38(3,4)5)42-26-16-21-33(42)36(43)46-9/h10-15,17-20,22-23,29,33H,16,21,24-28H2,1-9H3/t29-,33-,50-/m0/s1. The van der Waals surface area contributed by atoms with E-state index in [1.165, 1.54) is 21.8 Å². The summed E-state index contributed by atoms with van der Waals surface area (Å²) in [5, 5.41) is 2.37. The van der Waals surface area contributed by atoms with Crippen molar-refractivity contribution < 1.29 is 32.4 Å². The molecular weight excluding hydrogens is 683 g/mol. The lowest BCUT2D eigenvalue weighted by Crippen LogP contribution is -2.66. The molecule has 0 saturated carbocycles. The van der Waals surface area contributed by atoms with Crippen molar-refractivity contribution >= 4 is 40.7 Å². The fraction of sp³-hybridized carbons (Fsp3) is 0.513. The molecule has 2 aromatic carbocycles. The Balaban J connectivity index is 1.55. The average molecular weight is 738 g/mol. The Hall–Kier alpha value is -3.58. The normalized spacial score (nSPS) is 17.3. The predicted molar refractivity (Wildman–Crippen MR) is 203 cm³/mol. The monoisotopic (exact) mass is 737 g/mol. The Labute approximate surface area is 305 Å². The van der Waals surface area contributed by atoms with E-state index < -0.39 is 41.9 Å². The highest BCUT2D eigenvalue weighted by Crippen LogP contribution is 2.37. The fourth-order valence-electron chi connectivity index (χ4n) is 6.52. The summed E-state index contributed by atoms with van der Waals surface area (Å²) in [7, 11) is -5.10. The molecule has 51 heavy (non-hydrogen) atoms. The fourth-order valence-corrected chi connectivity index (χ4v) is 13.3. The van der Waals surface area contributed by atoms with Crippen LogP contribution in [0.5, 0.6) is 5.88 Å². The molecule has 10 nitrogen and oxygen atoms in total. The van der Waals surface area contributed by atoms with Gasteiger partial charge in [-0.15, -0.1) is 4.36 Å². The van der Waals surface area contributed by atoms with Crippen molar-refractivity contribution in [2.75, 3.05) is 26.9 Å². The second-order valence-electron chi connectivity index (χ2n) is 15.2. The average Bonchev–Trinajstić information content (AvgIpc) is 3.57. The number of ether oxygens (including phenoxy) is 3. The third-order valence-electron chi connectivity index (χ3n) is 9.03. The van der Waals surface area contributed by atoms with Gasteiger partial charge in [0.1, 0.15) is 16.5 Å². The molecule has 278 valence electrons. The Morgan fingerprint density at radius 3 is 2.08 bits per heavy atom. The molecule has 1 amide bonds. The van der Waals surface area contributed by atoms with Crippen molar-refractivity contribution in [3.63, 3.8) is 0 Å². The summed E-state index contributed by atoms with van der Waals surface area (Å²) in [5.74, 6) is -0.204. The molecule has 3 aromatic rings. The first-order valence-corrected chi connectivity index (χ1v) is 21.1. The number of benzene rings is 2. The molecule has 1 aliphatic rings. The molecule has 0 spiro atoms. The van der Waals surface area contributed by atoms with Gasteiger partial charge in [0.15, 0.2) is 9.92 Å². The van der Waals surface area contributed by atoms with E-state index in [2.05, 4.69) is 85.6 Å². The number of pyridine rings is 1. The van der Waals surface area contributed by atoms with Gasteiger partial charge in [-0.1, -0.05) is 88.4 Å². The number of aromatic nitrogens is 1. The van der Waals surface area contributed by atoms with E-state index in [9.17, 15) is 9.59 Å². The van der Waals surface area contributed by atoms with Crippen molar-refractivity contribution in [3.05, 3.63) is 78.5 Å². The highest BCUT2D eigenvalue weighted by Gasteiger charge is 2.50. The van der Waals surface area contributed by atoms with Crippen LogP contribution in [0.2, 0.25) is 5.04 Å². The van der Waals surface area contributed by atoms with Crippen LogP contribution in [0, 0.1) is 12.8 Å². The van der Waals surface area contributed by atoms with Crippen molar-refractivity contribution in [2.24, 2.45) is 10.3 Å². The van der Waals surface area contributed by atoms with Crippen LogP contribution in [0.4, 0.5) is 4.79 Å². The molecule has 1 aromatic heterocycles. The summed E-state index contributed by atoms with van der Waals surface area (Å²) in [5.41, 5.74) is -0.222. The van der Waals surface area contributed by atoms with E-state index in [-0.39, 0.29) is 34.9 Å². The summed E-state index contributed by atoms with van der Waals surface area (Å²) >= 11 is 0. The highest BCUT2D eigenvalue weighted by molar-refractivity contribution is 7.91. The molecule has 1 fully saturated rings. The highest BCUT2D eigenvalue weighted by atomic mass is 32.2. The number of carbonyl (C=O) groups excluding carboxylic acids is 2. The van der Waals surface area contributed by atoms with E-state index in [1.807, 2.05) is 12.1 Å². The Kier molecular flexibility index (Phi) is 13.3. The molecule has 4 rings (SSSR count). The van der Waals surface area contributed by atoms with Gasteiger partial charge in [0, 0.05) is 18.8 Å². The zero-order chi connectivity index (χ0) is 37.5. The first-order valence-electron chi connectivity index (χ1n) is 17.7. The quantitative estimate of drug-likeness (QED) is 0.135. The van der Waals surface area contributed by atoms with Crippen molar-refractivity contribution in [2.45, 2.75) is 103 Å². The Morgan fingerprint density at radius 2 is 1.53 bits per heavy atom. The molecule has 0 unspecified atom stereocenters. The van der Waals surface area contributed by atoms with Gasteiger partial charge in [-0.25, -0.2) is 14.0 Å². The van der Waals surface area contributed by atoms with Crippen molar-refractivity contribution in [1.82, 2.24) is 9.29 Å². The lowest BCUT2D eigenvalue weighted by Gasteiger charge is -2.43. The molecule has 12 heteroatoms. The van der Waals surface area contributed by atoms with E-state index >= 15 is 4.21 Å². The topological polar surface area (TPSA) is 117 Å². The second kappa shape index (κ2) is 16.8. The number of hydrogen-bond acceptors (Lipinski definition) is 8. The minimum atomic E-state index is -3.74. The molecule has 2 heterocycles. The first kappa shape index (κ1) is 40.2. The van der Waals surface area contributed by atoms with E-state index in [0.717, 1.165) is 6.42 Å². The van der Waals surface area contributed by atoms with E-state index in [1.54, 1.807) is 39.8 Å². The predicted octanol–water partition coefficient (Wildman–Crippen LogP) is 7.08. The summed E-state index contributed by atoms with van der Waals surface area (Å²) in [6, 6.07) is 23.6. The number of aryl methyl sites for hydroxylation is 1. The summed E-state index contributed by atoms with van der Waals surface area (Å²) in [4.78, 5) is 30.5. The smallest absolute Gasteiger partial charge is 0.443 e. The van der Waals surface area contributed by atoms with Gasteiger partial charge < -0.3 is 18.6 Å². The third-order valence-corrected chi connectivity index (χ3v) is 16.4. The maximum Gasteiger partial charge on any atom is 0.443 e. The number of methoxy groups -OCH3 is 1. The Bertz CT molecular complexity index is 1710. The van der Waals surface area contributed by atoms with Gasteiger partial charge in [-0.05, 0) is 86.8 Å². The summed E-state index contributed by atoms with van der Waals surface area (Å²) in [6.45, 7) is 17.0. The van der Waals surface area contributed by atoms with Crippen LogP contribution in [0.1, 0.15) is 79.8 Å². The van der Waals surface area contributed by atoms with Crippen LogP contribution >= 0.6 is 0 Å². The van der Waals surface area contributed by atoms with Gasteiger partial charge in [0.05, 0.1) is 13.7 Å². The molecule has 3 atom stereocenters. The largest absolute Gasteiger partial charge is 0.477 e. The Morgan fingerprint density at radius 1 is 0.941 bits per heavy atom. The van der Waals surface area contributed by atoms with Crippen LogP contribution in [0.15, 0.2) is 82.1 Å². The van der Waals surface area contributed by atoms with Crippen molar-refractivity contribution in [3.8, 4) is 5.88 Å². The van der Waals surface area contributed by atoms with Crippen LogP contribution < -0.4 is 15.1 Å². The van der Waals surface area contributed by atoms with Gasteiger partial charge in [-0.2, -0.15) is 4.31 Å². The summed E-state index contributed by atoms with van der Waals surface area (Å²) < 4.78 is 44.4. The number of rotatable bonds is 13. The van der Waals surface area contributed by atoms with E-state index in [0.29, 0.717) is 31.6 Å². The SMILES string of the molecule is COC(=O)[C@@H]1CCCN1[S@@](=O)(=NC(=O)OC(C)(C)C)c1ccc(C)nc1OCC[C@H](C)CCO[Si](c1ccccc1)(c1ccccc1)C(C)(C)C. The molecule has 1 aliphatic heterocycles. The number of nitrogens with zero attached hydrogens (tertiary/aromatic N) is 3. The maximum absolute atomic E-state index is 15.0. The molecule has 0 bridgehead atoms. The lowest BCUT2D eigenvalue weighted by atomic mass is 10.1. The molecule has 1 saturated heterocycles. The maximum atomic E-state index is 15.0. The zero-order valence-corrected chi connectivity index (χ0v) is 33.5. The first-order chi connectivity index (χ1) is 24.0. The number of esters is 1. The van der Waals surface area contributed by atoms with Gasteiger partial charge in [0.25, 0.3) is 8.32 Å². The van der Waals surface area contributed by atoms with E-state index in [4.69, 9.17) is 18.6 Å². The number of amides is 1. The lowest BCUT2D eigenvalue weighted by molar-refractivity contribution is -0.144. The van der Waals surface area contributed by atoms with Crippen LogP contribution in [-0.2, 0) is 28.6 Å². The minimum Gasteiger partial charge on any atom is -0.477 e. The van der Waals surface area contributed by atoms with Gasteiger partial charge in [-0.3, -0.25) is 4.79 Å². The third kappa shape index (κ3) is 9.65.